The lowest BCUT2D eigenvalue weighted by Crippen LogP contribution is -2.23. The van der Waals surface area contributed by atoms with E-state index in [0.717, 1.165) is 10.0 Å². The zero-order valence-corrected chi connectivity index (χ0v) is 17.6. The summed E-state index contributed by atoms with van der Waals surface area (Å²) in [5.74, 6) is 0.799. The number of benzene rings is 2. The Kier molecular flexibility index (Phi) is 6.61. The van der Waals surface area contributed by atoms with Crippen molar-refractivity contribution in [2.75, 3.05) is 19.4 Å². The molecule has 1 aromatic heterocycles. The number of nitrogens with one attached hydrogen (secondary N) is 1. The SMILES string of the molecule is CN(C)C(=O)Cc1ccc(NC(=O)c2ccc(Oc3cccc(Br)c3)nc2)cc1. The van der Waals surface area contributed by atoms with Crippen molar-refractivity contribution in [3.05, 3.63) is 82.5 Å². The van der Waals surface area contributed by atoms with E-state index in [9.17, 15) is 9.59 Å². The Labute approximate surface area is 177 Å². The van der Waals surface area contributed by atoms with Gasteiger partial charge in [0.15, 0.2) is 0 Å². The quantitative estimate of drug-likeness (QED) is 0.595. The van der Waals surface area contributed by atoms with Crippen molar-refractivity contribution in [3.63, 3.8) is 0 Å². The fraction of sp³-hybridized carbons (Fsp3) is 0.136. The molecule has 0 saturated carbocycles. The van der Waals surface area contributed by atoms with Crippen LogP contribution >= 0.6 is 15.9 Å². The van der Waals surface area contributed by atoms with Gasteiger partial charge >= 0.3 is 0 Å². The minimum Gasteiger partial charge on any atom is -0.439 e. The molecule has 0 aliphatic rings. The Morgan fingerprint density at radius 2 is 1.83 bits per heavy atom. The molecule has 3 aromatic rings. The first-order valence-electron chi connectivity index (χ1n) is 8.90. The number of hydrogen-bond donors (Lipinski definition) is 1. The predicted molar refractivity (Wildman–Crippen MR) is 115 cm³/mol. The summed E-state index contributed by atoms with van der Waals surface area (Å²) in [6.07, 6.45) is 1.79. The van der Waals surface area contributed by atoms with E-state index in [4.69, 9.17) is 4.74 Å². The lowest BCUT2D eigenvalue weighted by atomic mass is 10.1. The van der Waals surface area contributed by atoms with E-state index in [2.05, 4.69) is 26.2 Å². The number of rotatable bonds is 6. The summed E-state index contributed by atoms with van der Waals surface area (Å²) < 4.78 is 6.58. The highest BCUT2D eigenvalue weighted by atomic mass is 79.9. The molecule has 0 aliphatic carbocycles. The van der Waals surface area contributed by atoms with E-state index in [1.807, 2.05) is 36.4 Å². The predicted octanol–water partition coefficient (Wildman–Crippen LogP) is 4.52. The van der Waals surface area contributed by atoms with Crippen molar-refractivity contribution in [2.45, 2.75) is 6.42 Å². The van der Waals surface area contributed by atoms with Gasteiger partial charge in [-0.2, -0.15) is 0 Å². The number of nitrogens with zero attached hydrogens (tertiary/aromatic N) is 2. The minimum atomic E-state index is -0.274. The van der Waals surface area contributed by atoms with Crippen LogP contribution < -0.4 is 10.1 Å². The molecule has 148 valence electrons. The highest BCUT2D eigenvalue weighted by molar-refractivity contribution is 9.10. The summed E-state index contributed by atoms with van der Waals surface area (Å²) >= 11 is 3.39. The van der Waals surface area contributed by atoms with Crippen LogP contribution in [0.4, 0.5) is 5.69 Å². The average molecular weight is 454 g/mol. The maximum Gasteiger partial charge on any atom is 0.257 e. The van der Waals surface area contributed by atoms with Gasteiger partial charge in [0.25, 0.3) is 5.91 Å². The molecule has 0 atom stereocenters. The van der Waals surface area contributed by atoms with Gasteiger partial charge in [-0.1, -0.05) is 34.1 Å². The number of halogens is 1. The highest BCUT2D eigenvalue weighted by Crippen LogP contribution is 2.23. The lowest BCUT2D eigenvalue weighted by Gasteiger charge is -2.11. The van der Waals surface area contributed by atoms with Crippen LogP contribution in [0.1, 0.15) is 15.9 Å². The zero-order chi connectivity index (χ0) is 20.8. The van der Waals surface area contributed by atoms with Gasteiger partial charge in [-0.15, -0.1) is 0 Å². The average Bonchev–Trinajstić information content (AvgIpc) is 2.70. The van der Waals surface area contributed by atoms with Gasteiger partial charge in [0.05, 0.1) is 12.0 Å². The third-order valence-electron chi connectivity index (χ3n) is 4.08. The normalized spacial score (nSPS) is 10.3. The molecular weight excluding hydrogens is 434 g/mol. The maximum absolute atomic E-state index is 12.4. The number of hydrogen-bond acceptors (Lipinski definition) is 4. The first-order chi connectivity index (χ1) is 13.9. The van der Waals surface area contributed by atoms with Crippen molar-refractivity contribution in [1.29, 1.82) is 0 Å². The van der Waals surface area contributed by atoms with E-state index < -0.39 is 0 Å². The third-order valence-corrected chi connectivity index (χ3v) is 4.58. The second-order valence-corrected chi connectivity index (χ2v) is 7.48. The number of pyridine rings is 1. The number of likely N-dealkylation sites (N-methyl/N-ethyl adjacent to an activating group) is 1. The van der Waals surface area contributed by atoms with Gasteiger partial charge in [0, 0.05) is 36.5 Å². The Balaban J connectivity index is 1.60. The molecule has 7 heteroatoms. The second-order valence-electron chi connectivity index (χ2n) is 6.56. The molecule has 6 nitrogen and oxygen atoms in total. The minimum absolute atomic E-state index is 0.0260. The summed E-state index contributed by atoms with van der Waals surface area (Å²) in [6.45, 7) is 0. The molecule has 0 radical (unpaired) electrons. The molecule has 0 spiro atoms. The fourth-order valence-electron chi connectivity index (χ4n) is 2.47. The zero-order valence-electron chi connectivity index (χ0n) is 16.1. The maximum atomic E-state index is 12.4. The summed E-state index contributed by atoms with van der Waals surface area (Å²) in [7, 11) is 3.44. The Morgan fingerprint density at radius 1 is 1.07 bits per heavy atom. The summed E-state index contributed by atoms with van der Waals surface area (Å²) in [5, 5.41) is 2.82. The van der Waals surface area contributed by atoms with Crippen LogP contribution in [0.5, 0.6) is 11.6 Å². The monoisotopic (exact) mass is 453 g/mol. The smallest absolute Gasteiger partial charge is 0.257 e. The summed E-state index contributed by atoms with van der Waals surface area (Å²) in [5.41, 5.74) is 1.95. The number of ether oxygens (including phenoxy) is 1. The standard InChI is InChI=1S/C22H20BrN3O3/c1-26(2)21(27)12-15-6-9-18(10-7-15)25-22(28)16-8-11-20(24-14-16)29-19-5-3-4-17(23)13-19/h3-11,13-14H,12H2,1-2H3,(H,25,28). The number of carbonyl (C=O) groups excluding carboxylic acids is 2. The van der Waals surface area contributed by atoms with Gasteiger partial charge < -0.3 is 15.0 Å². The van der Waals surface area contributed by atoms with E-state index >= 15 is 0 Å². The van der Waals surface area contributed by atoms with Gasteiger partial charge in [0.2, 0.25) is 11.8 Å². The van der Waals surface area contributed by atoms with Crippen LogP contribution in [0, 0.1) is 0 Å². The first kappa shape index (κ1) is 20.5. The Bertz CT molecular complexity index is 1000. The lowest BCUT2D eigenvalue weighted by molar-refractivity contribution is -0.127. The van der Waals surface area contributed by atoms with Crippen LogP contribution in [-0.4, -0.2) is 35.8 Å². The van der Waals surface area contributed by atoms with Gasteiger partial charge in [-0.3, -0.25) is 9.59 Å². The van der Waals surface area contributed by atoms with Crippen LogP contribution in [-0.2, 0) is 11.2 Å². The molecule has 2 amide bonds. The largest absolute Gasteiger partial charge is 0.439 e. The first-order valence-corrected chi connectivity index (χ1v) is 9.70. The molecule has 29 heavy (non-hydrogen) atoms. The second kappa shape index (κ2) is 9.34. The molecule has 3 rings (SSSR count). The number of aromatic nitrogens is 1. The Morgan fingerprint density at radius 3 is 2.45 bits per heavy atom. The van der Waals surface area contributed by atoms with Gasteiger partial charge in [-0.25, -0.2) is 4.98 Å². The van der Waals surface area contributed by atoms with Crippen LogP contribution in [0.25, 0.3) is 0 Å². The van der Waals surface area contributed by atoms with Crippen molar-refractivity contribution >= 4 is 33.4 Å². The van der Waals surface area contributed by atoms with E-state index in [1.165, 1.54) is 6.20 Å². The Hall–Kier alpha value is -3.19. The third kappa shape index (κ3) is 5.89. The van der Waals surface area contributed by atoms with Crippen LogP contribution in [0.2, 0.25) is 0 Å². The molecule has 2 aromatic carbocycles. The van der Waals surface area contributed by atoms with Crippen LogP contribution in [0.15, 0.2) is 71.3 Å². The molecule has 0 aliphatic heterocycles. The molecule has 0 fully saturated rings. The molecule has 1 heterocycles. The van der Waals surface area contributed by atoms with Crippen LogP contribution in [0.3, 0.4) is 0 Å². The molecule has 1 N–H and O–H groups in total. The van der Waals surface area contributed by atoms with E-state index in [1.54, 1.807) is 43.3 Å². The number of carbonyl (C=O) groups is 2. The van der Waals surface area contributed by atoms with Crippen molar-refractivity contribution in [1.82, 2.24) is 9.88 Å². The highest BCUT2D eigenvalue weighted by Gasteiger charge is 2.09. The summed E-state index contributed by atoms with van der Waals surface area (Å²) in [4.78, 5) is 29.9. The number of anilines is 1. The van der Waals surface area contributed by atoms with Crippen molar-refractivity contribution < 1.29 is 14.3 Å². The van der Waals surface area contributed by atoms with E-state index in [0.29, 0.717) is 29.3 Å². The fourth-order valence-corrected chi connectivity index (χ4v) is 2.85. The van der Waals surface area contributed by atoms with Crippen molar-refractivity contribution in [3.8, 4) is 11.6 Å². The molecule has 0 bridgehead atoms. The van der Waals surface area contributed by atoms with Gasteiger partial charge in [-0.05, 0) is 42.0 Å². The number of amides is 2. The van der Waals surface area contributed by atoms with Gasteiger partial charge in [0.1, 0.15) is 5.75 Å². The van der Waals surface area contributed by atoms with Crippen molar-refractivity contribution in [2.24, 2.45) is 0 Å². The summed E-state index contributed by atoms with van der Waals surface area (Å²) in [6, 6.07) is 17.9. The topological polar surface area (TPSA) is 71.5 Å². The molecule has 0 unspecified atom stereocenters. The van der Waals surface area contributed by atoms with E-state index in [-0.39, 0.29) is 11.8 Å². The molecule has 0 saturated heterocycles. The molecular formula is C22H20BrN3O3.